The van der Waals surface area contributed by atoms with E-state index in [4.69, 9.17) is 0 Å². The standard InChI is InChI=1S/C11H14N2O/c14-11-7-4-8-13(11)9-12-10-5-2-1-3-6-10/h1-3,5-6,12H,4,7-9H2. The molecule has 1 aliphatic rings. The molecule has 74 valence electrons. The highest BCUT2D eigenvalue weighted by atomic mass is 16.2. The van der Waals surface area contributed by atoms with Crippen LogP contribution in [0.2, 0.25) is 0 Å². The zero-order valence-electron chi connectivity index (χ0n) is 8.07. The summed E-state index contributed by atoms with van der Waals surface area (Å²) >= 11 is 0. The van der Waals surface area contributed by atoms with Gasteiger partial charge in [0, 0.05) is 18.7 Å². The first-order valence-electron chi connectivity index (χ1n) is 4.93. The summed E-state index contributed by atoms with van der Waals surface area (Å²) < 4.78 is 0. The third kappa shape index (κ3) is 2.05. The molecule has 0 unspecified atom stereocenters. The molecule has 0 spiro atoms. The maximum absolute atomic E-state index is 11.3. The molecule has 1 aromatic carbocycles. The highest BCUT2D eigenvalue weighted by Crippen LogP contribution is 2.10. The fourth-order valence-corrected chi connectivity index (χ4v) is 1.61. The lowest BCUT2D eigenvalue weighted by atomic mass is 10.3. The second-order valence-corrected chi connectivity index (χ2v) is 3.46. The van der Waals surface area contributed by atoms with E-state index in [1.165, 1.54) is 0 Å². The quantitative estimate of drug-likeness (QED) is 0.786. The first-order chi connectivity index (χ1) is 6.86. The van der Waals surface area contributed by atoms with Crippen molar-refractivity contribution in [2.75, 3.05) is 18.5 Å². The van der Waals surface area contributed by atoms with E-state index in [9.17, 15) is 4.79 Å². The van der Waals surface area contributed by atoms with Gasteiger partial charge in [-0.25, -0.2) is 0 Å². The number of carbonyl (C=O) groups is 1. The van der Waals surface area contributed by atoms with Gasteiger partial charge in [0.05, 0.1) is 6.67 Å². The van der Waals surface area contributed by atoms with Crippen LogP contribution in [0.1, 0.15) is 12.8 Å². The molecule has 0 atom stereocenters. The van der Waals surface area contributed by atoms with E-state index in [1.807, 2.05) is 35.2 Å². The monoisotopic (exact) mass is 190 g/mol. The fourth-order valence-electron chi connectivity index (χ4n) is 1.61. The Hall–Kier alpha value is -1.51. The van der Waals surface area contributed by atoms with Gasteiger partial charge in [-0.3, -0.25) is 4.79 Å². The number of likely N-dealkylation sites (tertiary alicyclic amines) is 1. The van der Waals surface area contributed by atoms with Crippen LogP contribution >= 0.6 is 0 Å². The van der Waals surface area contributed by atoms with Crippen LogP contribution in [0.25, 0.3) is 0 Å². The van der Waals surface area contributed by atoms with Crippen molar-refractivity contribution in [1.82, 2.24) is 4.90 Å². The van der Waals surface area contributed by atoms with Crippen molar-refractivity contribution in [2.24, 2.45) is 0 Å². The molecule has 2 rings (SSSR count). The maximum Gasteiger partial charge on any atom is 0.224 e. The van der Waals surface area contributed by atoms with Crippen LogP contribution in [-0.2, 0) is 4.79 Å². The molecule has 1 N–H and O–H groups in total. The lowest BCUT2D eigenvalue weighted by Crippen LogP contribution is -2.30. The molecule has 1 heterocycles. The zero-order chi connectivity index (χ0) is 9.80. The van der Waals surface area contributed by atoms with Gasteiger partial charge in [0.25, 0.3) is 0 Å². The number of hydrogen-bond donors (Lipinski definition) is 1. The summed E-state index contributed by atoms with van der Waals surface area (Å²) in [4.78, 5) is 13.1. The van der Waals surface area contributed by atoms with E-state index in [0.29, 0.717) is 13.1 Å². The Bertz CT molecular complexity index is 310. The molecule has 0 aromatic heterocycles. The summed E-state index contributed by atoms with van der Waals surface area (Å²) in [7, 11) is 0. The molecule has 3 nitrogen and oxygen atoms in total. The van der Waals surface area contributed by atoms with Crippen molar-refractivity contribution < 1.29 is 4.79 Å². The molecule has 0 bridgehead atoms. The minimum Gasteiger partial charge on any atom is -0.368 e. The Labute approximate surface area is 83.7 Å². The van der Waals surface area contributed by atoms with Crippen molar-refractivity contribution in [3.05, 3.63) is 30.3 Å². The Morgan fingerprint density at radius 1 is 1.29 bits per heavy atom. The molecule has 1 fully saturated rings. The zero-order valence-corrected chi connectivity index (χ0v) is 8.07. The number of rotatable bonds is 3. The predicted octanol–water partition coefficient (Wildman–Crippen LogP) is 1.68. The molecular formula is C11H14N2O. The number of nitrogens with zero attached hydrogens (tertiary/aromatic N) is 1. The molecule has 1 amide bonds. The number of benzene rings is 1. The molecule has 14 heavy (non-hydrogen) atoms. The van der Waals surface area contributed by atoms with E-state index < -0.39 is 0 Å². The number of carbonyl (C=O) groups excluding carboxylic acids is 1. The molecule has 0 aliphatic carbocycles. The van der Waals surface area contributed by atoms with Crippen LogP contribution in [0.15, 0.2) is 30.3 Å². The Morgan fingerprint density at radius 2 is 2.07 bits per heavy atom. The van der Waals surface area contributed by atoms with Crippen molar-refractivity contribution in [3.63, 3.8) is 0 Å². The van der Waals surface area contributed by atoms with Crippen LogP contribution in [0.3, 0.4) is 0 Å². The molecule has 0 radical (unpaired) electrons. The Morgan fingerprint density at radius 3 is 2.71 bits per heavy atom. The third-order valence-electron chi connectivity index (χ3n) is 2.42. The summed E-state index contributed by atoms with van der Waals surface area (Å²) in [6.07, 6.45) is 1.70. The lowest BCUT2D eigenvalue weighted by Gasteiger charge is -2.16. The summed E-state index contributed by atoms with van der Waals surface area (Å²) in [5.74, 6) is 0.258. The Balaban J connectivity index is 1.85. The summed E-state index contributed by atoms with van der Waals surface area (Å²) in [6, 6.07) is 9.94. The van der Waals surface area contributed by atoms with E-state index in [0.717, 1.165) is 18.7 Å². The number of nitrogens with one attached hydrogen (secondary N) is 1. The van der Waals surface area contributed by atoms with Crippen LogP contribution in [0.4, 0.5) is 5.69 Å². The van der Waals surface area contributed by atoms with Gasteiger partial charge in [-0.15, -0.1) is 0 Å². The van der Waals surface area contributed by atoms with Crippen LogP contribution in [0.5, 0.6) is 0 Å². The SMILES string of the molecule is O=C1CCCN1CNc1ccccc1. The second-order valence-electron chi connectivity index (χ2n) is 3.46. The van der Waals surface area contributed by atoms with E-state index in [2.05, 4.69) is 5.32 Å². The van der Waals surface area contributed by atoms with Crippen molar-refractivity contribution in [3.8, 4) is 0 Å². The largest absolute Gasteiger partial charge is 0.368 e. The second kappa shape index (κ2) is 4.13. The minimum absolute atomic E-state index is 0.258. The van der Waals surface area contributed by atoms with Crippen molar-refractivity contribution in [2.45, 2.75) is 12.8 Å². The number of para-hydroxylation sites is 1. The summed E-state index contributed by atoms with van der Waals surface area (Å²) in [5.41, 5.74) is 1.06. The molecule has 1 aromatic rings. The molecule has 1 saturated heterocycles. The Kier molecular flexibility index (Phi) is 2.68. The molecule has 0 saturated carbocycles. The van der Waals surface area contributed by atoms with Gasteiger partial charge in [-0.2, -0.15) is 0 Å². The van der Waals surface area contributed by atoms with Gasteiger partial charge in [0.15, 0.2) is 0 Å². The highest BCUT2D eigenvalue weighted by Gasteiger charge is 2.18. The fraction of sp³-hybridized carbons (Fsp3) is 0.364. The first-order valence-corrected chi connectivity index (χ1v) is 4.93. The van der Waals surface area contributed by atoms with Gasteiger partial charge in [0.2, 0.25) is 5.91 Å². The average molecular weight is 190 g/mol. The smallest absolute Gasteiger partial charge is 0.224 e. The number of anilines is 1. The number of amides is 1. The van der Waals surface area contributed by atoms with Crippen LogP contribution in [0, 0.1) is 0 Å². The average Bonchev–Trinajstić information content (AvgIpc) is 2.63. The molecule has 3 heteroatoms. The summed E-state index contributed by atoms with van der Waals surface area (Å²) in [6.45, 7) is 1.52. The third-order valence-corrected chi connectivity index (χ3v) is 2.42. The summed E-state index contributed by atoms with van der Waals surface area (Å²) in [5, 5.41) is 3.22. The van der Waals surface area contributed by atoms with Gasteiger partial charge in [0.1, 0.15) is 0 Å². The topological polar surface area (TPSA) is 32.3 Å². The maximum atomic E-state index is 11.3. The van der Waals surface area contributed by atoms with E-state index in [1.54, 1.807) is 0 Å². The minimum atomic E-state index is 0.258. The highest BCUT2D eigenvalue weighted by molar-refractivity contribution is 5.78. The van der Waals surface area contributed by atoms with E-state index >= 15 is 0 Å². The molecule has 1 aliphatic heterocycles. The van der Waals surface area contributed by atoms with Crippen LogP contribution in [-0.4, -0.2) is 24.0 Å². The molecular weight excluding hydrogens is 176 g/mol. The van der Waals surface area contributed by atoms with Crippen LogP contribution < -0.4 is 5.32 Å². The van der Waals surface area contributed by atoms with E-state index in [-0.39, 0.29) is 5.91 Å². The van der Waals surface area contributed by atoms with Crippen molar-refractivity contribution >= 4 is 11.6 Å². The lowest BCUT2D eigenvalue weighted by molar-refractivity contribution is -0.127. The van der Waals surface area contributed by atoms with Gasteiger partial charge >= 0.3 is 0 Å². The van der Waals surface area contributed by atoms with Gasteiger partial charge in [-0.05, 0) is 18.6 Å². The first kappa shape index (κ1) is 9.06. The predicted molar refractivity (Wildman–Crippen MR) is 55.9 cm³/mol. The van der Waals surface area contributed by atoms with Gasteiger partial charge in [-0.1, -0.05) is 18.2 Å². The number of hydrogen-bond acceptors (Lipinski definition) is 2. The van der Waals surface area contributed by atoms with Gasteiger partial charge < -0.3 is 10.2 Å². The normalized spacial score (nSPS) is 16.0. The van der Waals surface area contributed by atoms with Crippen molar-refractivity contribution in [1.29, 1.82) is 0 Å².